The quantitative estimate of drug-likeness (QED) is 0.407. The van der Waals surface area contributed by atoms with Crippen LogP contribution in [-0.2, 0) is 0 Å². The van der Waals surface area contributed by atoms with E-state index in [1.54, 1.807) is 12.1 Å². The summed E-state index contributed by atoms with van der Waals surface area (Å²) < 4.78 is 0. The Morgan fingerprint density at radius 3 is 1.58 bits per heavy atom. The van der Waals surface area contributed by atoms with E-state index in [1.165, 1.54) is 36.4 Å². The second-order valence-electron chi connectivity index (χ2n) is 3.34. The molecule has 0 bridgehead atoms. The molecule has 2 aromatic carbocycles. The minimum absolute atomic E-state index is 0. The van der Waals surface area contributed by atoms with Crippen molar-refractivity contribution in [1.82, 2.24) is 0 Å². The van der Waals surface area contributed by atoms with Crippen LogP contribution in [-0.4, -0.2) is 26.4 Å². The van der Waals surface area contributed by atoms with Crippen LogP contribution in [0.4, 0.5) is 0 Å². The van der Waals surface area contributed by atoms with Crippen LogP contribution >= 0.6 is 0 Å². The number of carbonyl (C=O) groups is 1. The van der Waals surface area contributed by atoms with Gasteiger partial charge >= 0.3 is 35.5 Å². The van der Waals surface area contributed by atoms with Crippen LogP contribution in [0, 0.1) is 0 Å². The van der Waals surface area contributed by atoms with Crippen molar-refractivity contribution in [2.24, 2.45) is 0 Å². The maximum Gasteiger partial charge on any atom is 1.00 e. The zero-order valence-electron chi connectivity index (χ0n) is 11.3. The van der Waals surface area contributed by atoms with Crippen LogP contribution in [0.1, 0.15) is 11.8 Å². The maximum atomic E-state index is 10.3. The van der Waals surface area contributed by atoms with Crippen LogP contribution in [0.3, 0.4) is 0 Å². The van der Waals surface area contributed by atoms with Gasteiger partial charge < -0.3 is 21.9 Å². The van der Waals surface area contributed by atoms with Gasteiger partial charge in [0.15, 0.2) is 0 Å². The molecule has 0 unspecified atom stereocenters. The van der Waals surface area contributed by atoms with Gasteiger partial charge in [0.2, 0.25) is 0 Å². The van der Waals surface area contributed by atoms with E-state index in [1.807, 2.05) is 0 Å². The molecular weight excluding hydrogens is 259 g/mol. The van der Waals surface area contributed by atoms with Gasteiger partial charge in [-0.3, -0.25) is 0 Å². The second kappa shape index (κ2) is 8.42. The number of phenols is 3. The van der Waals surface area contributed by atoms with Crippen molar-refractivity contribution in [2.75, 3.05) is 0 Å². The molecule has 0 heterocycles. The fourth-order valence-corrected chi connectivity index (χ4v) is 1.11. The number of hydrogen-bond donors (Lipinski definition) is 4. The molecule has 0 saturated heterocycles. The molecule has 4 N–H and O–H groups in total. The number of phenolic OH excluding ortho intramolecular Hbond substituents is 2. The van der Waals surface area contributed by atoms with Crippen molar-refractivity contribution in [3.05, 3.63) is 54.1 Å². The minimum Gasteiger partial charge on any atom is -1.00 e. The summed E-state index contributed by atoms with van der Waals surface area (Å²) in [4.78, 5) is 10.3. The van der Waals surface area contributed by atoms with Crippen molar-refractivity contribution < 1.29 is 56.2 Å². The molecule has 2 rings (SSSR count). The molecule has 19 heavy (non-hydrogen) atoms. The number of aromatic carboxylic acids is 1. The fraction of sp³-hybridized carbons (Fsp3) is 0. The van der Waals surface area contributed by atoms with Gasteiger partial charge in [0.25, 0.3) is 0 Å². The molecule has 96 valence electrons. The van der Waals surface area contributed by atoms with Gasteiger partial charge in [0.1, 0.15) is 22.8 Å². The average Bonchev–Trinajstić information content (AvgIpc) is 2.34. The Bertz CT molecular complexity index is 510. The summed E-state index contributed by atoms with van der Waals surface area (Å²) in [7, 11) is 0. The molecule has 6 heteroatoms. The van der Waals surface area contributed by atoms with Crippen molar-refractivity contribution in [1.29, 1.82) is 0 Å². The van der Waals surface area contributed by atoms with E-state index >= 15 is 0 Å². The normalized spacial score (nSPS) is 8.63. The van der Waals surface area contributed by atoms with Crippen molar-refractivity contribution in [2.45, 2.75) is 0 Å². The third-order valence-electron chi connectivity index (χ3n) is 1.98. The smallest absolute Gasteiger partial charge is 1.00 e. The van der Waals surface area contributed by atoms with Crippen molar-refractivity contribution in [3.63, 3.8) is 0 Å². The number of carboxylic acid groups (broad SMARTS) is 1. The molecular formula is C13H13NaO5. The molecule has 0 radical (unpaired) electrons. The number of rotatable bonds is 1. The van der Waals surface area contributed by atoms with Gasteiger partial charge in [-0.25, -0.2) is 4.79 Å². The van der Waals surface area contributed by atoms with E-state index in [0.717, 1.165) is 0 Å². The Hall–Kier alpha value is -1.69. The largest absolute Gasteiger partial charge is 1.00 e. The minimum atomic E-state index is -1.11. The Morgan fingerprint density at radius 2 is 1.26 bits per heavy atom. The molecule has 0 aliphatic carbocycles. The first kappa shape index (κ1) is 17.3. The van der Waals surface area contributed by atoms with Gasteiger partial charge in [0, 0.05) is 0 Å². The first-order chi connectivity index (χ1) is 8.50. The monoisotopic (exact) mass is 272 g/mol. The zero-order valence-corrected chi connectivity index (χ0v) is 12.3. The molecule has 2 aromatic rings. The van der Waals surface area contributed by atoms with Crippen molar-refractivity contribution >= 4 is 5.97 Å². The van der Waals surface area contributed by atoms with Gasteiger partial charge in [0.05, 0.1) is 0 Å². The second-order valence-corrected chi connectivity index (χ2v) is 3.34. The Labute approximate surface area is 133 Å². The Kier molecular flexibility index (Phi) is 7.67. The molecule has 0 aliphatic rings. The summed E-state index contributed by atoms with van der Waals surface area (Å²) >= 11 is 0. The molecule has 0 spiro atoms. The summed E-state index contributed by atoms with van der Waals surface area (Å²) in [5.74, 6) is -0.973. The summed E-state index contributed by atoms with van der Waals surface area (Å²) in [6.45, 7) is 0. The Morgan fingerprint density at radius 1 is 0.842 bits per heavy atom. The molecule has 0 aliphatic heterocycles. The molecule has 5 nitrogen and oxygen atoms in total. The average molecular weight is 272 g/mol. The van der Waals surface area contributed by atoms with Gasteiger partial charge in [-0.15, -0.1) is 0 Å². The number of para-hydroxylation sites is 1. The third-order valence-corrected chi connectivity index (χ3v) is 1.98. The number of carboxylic acids is 1. The number of aromatic hydroxyl groups is 3. The standard InChI is InChI=1S/C7H6O3.C6H6O2.Na.H/c8-6-4-2-1-3-5(6)7(9)10;7-5-1-2-6(8)4-3-5;;/h1-4,8H,(H,9,10);1-4,7-8H;;/q;;+1;-1. The van der Waals surface area contributed by atoms with E-state index in [4.69, 9.17) is 20.4 Å². The summed E-state index contributed by atoms with van der Waals surface area (Å²) in [6, 6.07) is 11.5. The maximum absolute atomic E-state index is 10.3. The molecule has 0 atom stereocenters. The van der Waals surface area contributed by atoms with E-state index in [9.17, 15) is 4.79 Å². The molecule has 0 fully saturated rings. The van der Waals surface area contributed by atoms with Gasteiger partial charge in [-0.2, -0.15) is 0 Å². The first-order valence-corrected chi connectivity index (χ1v) is 5.00. The number of benzene rings is 2. The van der Waals surface area contributed by atoms with Crippen LogP contribution < -0.4 is 29.6 Å². The SMILES string of the molecule is O=C(O)c1ccccc1O.Oc1ccc(O)cc1.[H-].[Na+]. The zero-order chi connectivity index (χ0) is 13.5. The summed E-state index contributed by atoms with van der Waals surface area (Å²) in [6.07, 6.45) is 0. The van der Waals surface area contributed by atoms with Crippen molar-refractivity contribution in [3.8, 4) is 17.2 Å². The topological polar surface area (TPSA) is 98.0 Å². The Balaban J connectivity index is 0. The van der Waals surface area contributed by atoms with Crippen LogP contribution in [0.15, 0.2) is 48.5 Å². The van der Waals surface area contributed by atoms with Crippen LogP contribution in [0.25, 0.3) is 0 Å². The third kappa shape index (κ3) is 6.15. The molecule has 0 amide bonds. The van der Waals surface area contributed by atoms with E-state index in [2.05, 4.69) is 0 Å². The molecule has 0 saturated carbocycles. The van der Waals surface area contributed by atoms with E-state index < -0.39 is 5.97 Å². The predicted octanol–water partition coefficient (Wildman–Crippen LogP) is -0.695. The van der Waals surface area contributed by atoms with Gasteiger partial charge in [-0.1, -0.05) is 12.1 Å². The van der Waals surface area contributed by atoms with E-state index in [0.29, 0.717) is 0 Å². The van der Waals surface area contributed by atoms with E-state index in [-0.39, 0.29) is 53.8 Å². The first-order valence-electron chi connectivity index (χ1n) is 5.00. The summed E-state index contributed by atoms with van der Waals surface area (Å²) in [5, 5.41) is 34.6. The molecule has 0 aromatic heterocycles. The number of hydrogen-bond acceptors (Lipinski definition) is 4. The predicted molar refractivity (Wildman–Crippen MR) is 65.9 cm³/mol. The summed E-state index contributed by atoms with van der Waals surface area (Å²) in [5.41, 5.74) is -0.0671. The van der Waals surface area contributed by atoms with Crippen LogP contribution in [0.2, 0.25) is 0 Å². The fourth-order valence-electron chi connectivity index (χ4n) is 1.11. The van der Waals surface area contributed by atoms with Crippen LogP contribution in [0.5, 0.6) is 17.2 Å². The van der Waals surface area contributed by atoms with Gasteiger partial charge in [-0.05, 0) is 36.4 Å².